The van der Waals surface area contributed by atoms with Crippen LogP contribution in [0.2, 0.25) is 10.0 Å². The van der Waals surface area contributed by atoms with Gasteiger partial charge in [-0.3, -0.25) is 24.3 Å². The van der Waals surface area contributed by atoms with Gasteiger partial charge in [0.25, 0.3) is 11.1 Å². The van der Waals surface area contributed by atoms with Crippen LogP contribution in [-0.2, 0) is 16.0 Å². The smallest absolute Gasteiger partial charge is 0.293 e. The Balaban J connectivity index is 1.51. The van der Waals surface area contributed by atoms with Crippen molar-refractivity contribution in [2.24, 2.45) is 0 Å². The van der Waals surface area contributed by atoms with Gasteiger partial charge in [-0.2, -0.15) is 0 Å². The predicted molar refractivity (Wildman–Crippen MR) is 115 cm³/mol. The highest BCUT2D eigenvalue weighted by molar-refractivity contribution is 8.18. The number of pyridine rings is 1. The Hall–Kier alpha value is -2.35. The number of thioether (sulfide) groups is 1. The summed E-state index contributed by atoms with van der Waals surface area (Å²) in [4.78, 5) is 42.0. The quantitative estimate of drug-likeness (QED) is 0.641. The lowest BCUT2D eigenvalue weighted by Crippen LogP contribution is -2.37. The molecule has 29 heavy (non-hydrogen) atoms. The lowest BCUT2D eigenvalue weighted by Gasteiger charge is -2.13. The summed E-state index contributed by atoms with van der Waals surface area (Å²) in [7, 11) is 0. The second kappa shape index (κ2) is 9.91. The third kappa shape index (κ3) is 5.82. The van der Waals surface area contributed by atoms with Crippen molar-refractivity contribution < 1.29 is 14.4 Å². The second-order valence-corrected chi connectivity index (χ2v) is 8.05. The van der Waals surface area contributed by atoms with E-state index in [-0.39, 0.29) is 29.1 Å². The summed E-state index contributed by atoms with van der Waals surface area (Å²) in [5, 5.41) is 3.23. The van der Waals surface area contributed by atoms with Gasteiger partial charge >= 0.3 is 0 Å². The van der Waals surface area contributed by atoms with Crippen molar-refractivity contribution in [3.05, 3.63) is 68.8 Å². The number of halogens is 2. The lowest BCUT2D eigenvalue weighted by molar-refractivity contribution is -0.124. The van der Waals surface area contributed by atoms with Crippen molar-refractivity contribution >= 4 is 58.1 Å². The van der Waals surface area contributed by atoms with E-state index in [1.54, 1.807) is 36.7 Å². The standard InChI is InChI=1S/C20H17Cl2N3O3S/c21-15-5-4-14(16(22)11-15)10-17-19(27)25(20(28)29-17)9-8-24-18(26)6-3-13-2-1-7-23-12-13/h1-2,4-5,7,10-12H,3,6,8-9H2,(H,24,26)/b17-10-. The molecule has 1 fully saturated rings. The average molecular weight is 450 g/mol. The maximum atomic E-state index is 12.5. The summed E-state index contributed by atoms with van der Waals surface area (Å²) in [6, 6.07) is 8.63. The highest BCUT2D eigenvalue weighted by atomic mass is 35.5. The van der Waals surface area contributed by atoms with Gasteiger partial charge in [0.05, 0.1) is 4.91 Å². The summed E-state index contributed by atoms with van der Waals surface area (Å²) in [5.74, 6) is -0.556. The van der Waals surface area contributed by atoms with Gasteiger partial charge in [-0.1, -0.05) is 35.3 Å². The van der Waals surface area contributed by atoms with Gasteiger partial charge in [-0.05, 0) is 53.6 Å². The number of hydrogen-bond donors (Lipinski definition) is 1. The summed E-state index contributed by atoms with van der Waals surface area (Å²) in [5.41, 5.74) is 1.57. The Morgan fingerprint density at radius 1 is 1.24 bits per heavy atom. The van der Waals surface area contributed by atoms with Crippen LogP contribution in [0.15, 0.2) is 47.6 Å². The Bertz CT molecular complexity index is 967. The molecule has 9 heteroatoms. The van der Waals surface area contributed by atoms with Crippen LogP contribution in [0.3, 0.4) is 0 Å². The average Bonchev–Trinajstić information content (AvgIpc) is 2.96. The third-order valence-electron chi connectivity index (χ3n) is 4.14. The fraction of sp³-hybridized carbons (Fsp3) is 0.200. The molecule has 0 aliphatic carbocycles. The molecule has 6 nitrogen and oxygen atoms in total. The third-order valence-corrected chi connectivity index (χ3v) is 5.61. The number of benzene rings is 1. The monoisotopic (exact) mass is 449 g/mol. The van der Waals surface area contributed by atoms with Crippen molar-refractivity contribution in [3.8, 4) is 0 Å². The zero-order chi connectivity index (χ0) is 20.8. The Labute approximate surface area is 182 Å². The van der Waals surface area contributed by atoms with Crippen LogP contribution in [0, 0.1) is 0 Å². The number of imide groups is 1. The molecule has 1 aromatic heterocycles. The van der Waals surface area contributed by atoms with Crippen molar-refractivity contribution in [1.29, 1.82) is 0 Å². The normalized spacial score (nSPS) is 15.2. The molecule has 0 radical (unpaired) electrons. The minimum atomic E-state index is -0.407. The number of carbonyl (C=O) groups is 3. The van der Waals surface area contributed by atoms with Gasteiger partial charge in [-0.25, -0.2) is 0 Å². The molecule has 3 amide bonds. The topological polar surface area (TPSA) is 79.4 Å². The fourth-order valence-electron chi connectivity index (χ4n) is 2.65. The van der Waals surface area contributed by atoms with Crippen molar-refractivity contribution in [2.75, 3.05) is 13.1 Å². The van der Waals surface area contributed by atoms with Gasteiger partial charge in [0, 0.05) is 41.9 Å². The first kappa shape index (κ1) is 21.4. The largest absolute Gasteiger partial charge is 0.354 e. The first-order valence-electron chi connectivity index (χ1n) is 8.80. The molecule has 3 rings (SSSR count). The van der Waals surface area contributed by atoms with Gasteiger partial charge in [0.15, 0.2) is 0 Å². The van der Waals surface area contributed by atoms with Crippen molar-refractivity contribution in [1.82, 2.24) is 15.2 Å². The van der Waals surface area contributed by atoms with E-state index < -0.39 is 5.91 Å². The molecule has 0 bridgehead atoms. The molecule has 1 N–H and O–H groups in total. The second-order valence-electron chi connectivity index (χ2n) is 6.21. The van der Waals surface area contributed by atoms with E-state index in [9.17, 15) is 14.4 Å². The predicted octanol–water partition coefficient (Wildman–Crippen LogP) is 4.17. The lowest BCUT2D eigenvalue weighted by atomic mass is 10.1. The van der Waals surface area contributed by atoms with E-state index in [1.165, 1.54) is 0 Å². The molecular formula is C20H17Cl2N3O3S. The number of nitrogens with zero attached hydrogens (tertiary/aromatic N) is 2. The minimum absolute atomic E-state index is 0.106. The van der Waals surface area contributed by atoms with Crippen molar-refractivity contribution in [2.45, 2.75) is 12.8 Å². The van der Waals surface area contributed by atoms with Crippen LogP contribution in [0.4, 0.5) is 4.79 Å². The molecule has 1 aliphatic heterocycles. The molecule has 1 aromatic carbocycles. The van der Waals surface area contributed by atoms with Crippen LogP contribution < -0.4 is 5.32 Å². The van der Waals surface area contributed by atoms with Gasteiger partial charge < -0.3 is 5.32 Å². The molecule has 1 aliphatic rings. The number of hydrogen-bond acceptors (Lipinski definition) is 5. The van der Waals surface area contributed by atoms with E-state index in [1.807, 2.05) is 12.1 Å². The number of rotatable bonds is 7. The van der Waals surface area contributed by atoms with Crippen LogP contribution in [0.25, 0.3) is 6.08 Å². The molecular weight excluding hydrogens is 433 g/mol. The molecule has 0 atom stereocenters. The van der Waals surface area contributed by atoms with Gasteiger partial charge in [0.2, 0.25) is 5.91 Å². The Morgan fingerprint density at radius 3 is 2.79 bits per heavy atom. The molecule has 2 aromatic rings. The van der Waals surface area contributed by atoms with Crippen LogP contribution in [-0.4, -0.2) is 40.0 Å². The molecule has 1 saturated heterocycles. The zero-order valence-electron chi connectivity index (χ0n) is 15.2. The van der Waals surface area contributed by atoms with Crippen LogP contribution in [0.5, 0.6) is 0 Å². The number of nitrogens with one attached hydrogen (secondary N) is 1. The van der Waals surface area contributed by atoms with Gasteiger partial charge in [0.1, 0.15) is 0 Å². The molecule has 2 heterocycles. The van der Waals surface area contributed by atoms with Crippen LogP contribution in [0.1, 0.15) is 17.5 Å². The number of amides is 3. The first-order valence-corrected chi connectivity index (χ1v) is 10.4. The highest BCUT2D eigenvalue weighted by Crippen LogP contribution is 2.33. The molecule has 150 valence electrons. The summed E-state index contributed by atoms with van der Waals surface area (Å²) >= 11 is 12.8. The van der Waals surface area contributed by atoms with E-state index in [0.29, 0.717) is 28.5 Å². The first-order chi connectivity index (χ1) is 13.9. The fourth-order valence-corrected chi connectivity index (χ4v) is 3.97. The Kier molecular flexibility index (Phi) is 7.30. The van der Waals surface area contributed by atoms with Crippen molar-refractivity contribution in [3.63, 3.8) is 0 Å². The van der Waals surface area contributed by atoms with E-state index in [2.05, 4.69) is 10.3 Å². The SMILES string of the molecule is O=C(CCc1cccnc1)NCCN1C(=O)S/C(=C\c2ccc(Cl)cc2Cl)C1=O. The number of aromatic nitrogens is 1. The van der Waals surface area contributed by atoms with E-state index >= 15 is 0 Å². The van der Waals surface area contributed by atoms with E-state index in [4.69, 9.17) is 23.2 Å². The number of aryl methyl sites for hydroxylation is 1. The Morgan fingerprint density at radius 2 is 2.07 bits per heavy atom. The summed E-state index contributed by atoms with van der Waals surface area (Å²) in [6.07, 6.45) is 5.84. The molecule has 0 saturated carbocycles. The maximum Gasteiger partial charge on any atom is 0.293 e. The van der Waals surface area contributed by atoms with Crippen LogP contribution >= 0.6 is 35.0 Å². The molecule has 0 unspecified atom stereocenters. The summed E-state index contributed by atoms with van der Waals surface area (Å²) < 4.78 is 0. The van der Waals surface area contributed by atoms with E-state index in [0.717, 1.165) is 22.2 Å². The highest BCUT2D eigenvalue weighted by Gasteiger charge is 2.34. The van der Waals surface area contributed by atoms with Gasteiger partial charge in [-0.15, -0.1) is 0 Å². The molecule has 0 spiro atoms. The number of carbonyl (C=O) groups excluding carboxylic acids is 3. The minimum Gasteiger partial charge on any atom is -0.354 e. The summed E-state index contributed by atoms with van der Waals surface area (Å²) in [6.45, 7) is 0.299. The zero-order valence-corrected chi connectivity index (χ0v) is 17.6. The maximum absolute atomic E-state index is 12.5.